The van der Waals surface area contributed by atoms with Gasteiger partial charge in [-0.2, -0.15) is 0 Å². The van der Waals surface area contributed by atoms with Crippen molar-refractivity contribution in [1.82, 2.24) is 24.6 Å². The van der Waals surface area contributed by atoms with Crippen LogP contribution in [-0.4, -0.2) is 121 Å². The van der Waals surface area contributed by atoms with Crippen molar-refractivity contribution in [3.05, 3.63) is 126 Å². The number of amides is 3. The van der Waals surface area contributed by atoms with Gasteiger partial charge < -0.3 is 29.2 Å². The van der Waals surface area contributed by atoms with E-state index in [1.54, 1.807) is 36.2 Å². The van der Waals surface area contributed by atoms with E-state index in [-0.39, 0.29) is 24.3 Å². The highest BCUT2D eigenvalue weighted by Gasteiger charge is 2.34. The summed E-state index contributed by atoms with van der Waals surface area (Å²) < 4.78 is 5.50. The van der Waals surface area contributed by atoms with E-state index in [2.05, 4.69) is 56.1 Å². The summed E-state index contributed by atoms with van der Waals surface area (Å²) in [4.78, 5) is 57.7. The number of carbonyl (C=O) groups is 3. The van der Waals surface area contributed by atoms with Crippen LogP contribution in [0.3, 0.4) is 0 Å². The molecule has 2 fully saturated rings. The minimum atomic E-state index is -0.725. The average molecular weight is 758 g/mol. The van der Waals surface area contributed by atoms with Gasteiger partial charge in [-0.15, -0.1) is 0 Å². The van der Waals surface area contributed by atoms with Gasteiger partial charge in [0, 0.05) is 123 Å². The van der Waals surface area contributed by atoms with Crippen molar-refractivity contribution in [3.8, 4) is 5.88 Å². The fourth-order valence-corrected chi connectivity index (χ4v) is 7.28. The molecule has 0 radical (unpaired) electrons. The summed E-state index contributed by atoms with van der Waals surface area (Å²) in [6, 6.07) is 29.7. The van der Waals surface area contributed by atoms with Gasteiger partial charge in [-0.05, 0) is 65.6 Å². The summed E-state index contributed by atoms with van der Waals surface area (Å²) >= 11 is 0. The highest BCUT2D eigenvalue weighted by atomic mass is 16.5. The number of hydrogen-bond donors (Lipinski definition) is 0. The number of benzene rings is 3. The van der Waals surface area contributed by atoms with Crippen LogP contribution < -0.4 is 14.5 Å². The van der Waals surface area contributed by atoms with Crippen LogP contribution in [0.15, 0.2) is 103 Å². The van der Waals surface area contributed by atoms with Gasteiger partial charge in [-0.25, -0.2) is 4.98 Å². The van der Waals surface area contributed by atoms with Crippen molar-refractivity contribution in [2.75, 3.05) is 82.9 Å². The molecule has 3 heterocycles. The molecule has 11 heteroatoms. The minimum Gasteiger partial charge on any atom is -0.478 e. The molecule has 0 aliphatic carbocycles. The molecule has 1 aromatic heterocycles. The molecule has 0 spiro atoms. The van der Waals surface area contributed by atoms with Crippen molar-refractivity contribution in [1.29, 1.82) is 0 Å². The number of nitrogens with zero attached hydrogens (tertiary/aromatic N) is 7. The van der Waals surface area contributed by atoms with Gasteiger partial charge in [-0.1, -0.05) is 54.6 Å². The number of anilines is 2. The summed E-state index contributed by atoms with van der Waals surface area (Å²) in [5, 5.41) is 0. The van der Waals surface area contributed by atoms with Gasteiger partial charge in [0.1, 0.15) is 6.04 Å². The molecule has 4 aromatic rings. The van der Waals surface area contributed by atoms with Gasteiger partial charge >= 0.3 is 0 Å². The second-order valence-corrected chi connectivity index (χ2v) is 14.7. The molecule has 3 amide bonds. The van der Waals surface area contributed by atoms with E-state index >= 15 is 0 Å². The van der Waals surface area contributed by atoms with E-state index in [9.17, 15) is 14.4 Å². The lowest BCUT2D eigenvalue weighted by Gasteiger charge is -2.39. The van der Waals surface area contributed by atoms with Gasteiger partial charge in [0.05, 0.1) is 6.61 Å². The van der Waals surface area contributed by atoms with Gasteiger partial charge in [0.15, 0.2) is 0 Å². The molecule has 0 unspecified atom stereocenters. The summed E-state index contributed by atoms with van der Waals surface area (Å²) in [5.41, 5.74) is 6.15. The topological polar surface area (TPSA) is 92.8 Å². The fourth-order valence-electron chi connectivity index (χ4n) is 7.28. The normalized spacial score (nSPS) is 15.5. The molecule has 0 bridgehead atoms. The van der Waals surface area contributed by atoms with Gasteiger partial charge in [0.2, 0.25) is 23.6 Å². The molecule has 294 valence electrons. The quantitative estimate of drug-likeness (QED) is 0.162. The first-order valence-corrected chi connectivity index (χ1v) is 19.6. The second kappa shape index (κ2) is 19.3. The molecule has 11 nitrogen and oxygen atoms in total. The Morgan fingerprint density at radius 1 is 0.768 bits per heavy atom. The largest absolute Gasteiger partial charge is 0.478 e. The summed E-state index contributed by atoms with van der Waals surface area (Å²) in [5.74, 6) is 0.327. The Morgan fingerprint density at radius 2 is 1.43 bits per heavy atom. The number of piperazine rings is 2. The molecule has 6 rings (SSSR count). The Bertz CT molecular complexity index is 1900. The Balaban J connectivity index is 1.23. The lowest BCUT2D eigenvalue weighted by atomic mass is 10.0. The van der Waals surface area contributed by atoms with Crippen LogP contribution >= 0.6 is 0 Å². The molecule has 1 atom stereocenters. The first-order valence-electron chi connectivity index (χ1n) is 19.6. The molecule has 3 aromatic carbocycles. The number of aromatic nitrogens is 1. The maximum atomic E-state index is 14.7. The molecule has 2 saturated heterocycles. The summed E-state index contributed by atoms with van der Waals surface area (Å²) in [6.45, 7) is 10.7. The SMILES string of the molecule is CCOc1ccc(/C=C/C(=O)N(Cc2ccc(N3CCN(C(C)=O)CC3)cc2)[C@@H](Cc2ccccc2)C(=O)N2CCN(Cc3ccc(N(C)C)cc3)CC2)cn1. The maximum absolute atomic E-state index is 14.7. The fraction of sp³-hybridized carbons (Fsp3) is 0.378. The third kappa shape index (κ3) is 10.8. The van der Waals surface area contributed by atoms with Crippen LogP contribution in [-0.2, 0) is 33.9 Å². The number of rotatable bonds is 14. The van der Waals surface area contributed by atoms with Crippen molar-refractivity contribution < 1.29 is 19.1 Å². The van der Waals surface area contributed by atoms with Crippen LogP contribution in [0, 0.1) is 0 Å². The standard InChI is InChI=1S/C45H55N7O4/c1-5-56-43-21-15-37(32-46-43)16-22-44(54)52(34-39-13-19-41(20-14-39)50-29-27-49(28-30-50)35(2)53)42(31-36-9-7-6-8-10-36)45(55)51-25-23-48(24-26-51)33-38-11-17-40(18-12-38)47(3)4/h6-22,32,42H,5,23-31,33-34H2,1-4H3/b22-16+/t42-/m0/s1. The zero-order chi connectivity index (χ0) is 39.4. The number of carbonyl (C=O) groups excluding carboxylic acids is 3. The van der Waals surface area contributed by atoms with E-state index in [0.717, 1.165) is 55.1 Å². The number of hydrogen-bond acceptors (Lipinski definition) is 8. The number of pyridine rings is 1. The third-order valence-corrected chi connectivity index (χ3v) is 10.6. The highest BCUT2D eigenvalue weighted by Crippen LogP contribution is 2.23. The van der Waals surface area contributed by atoms with E-state index in [1.165, 1.54) is 11.3 Å². The van der Waals surface area contributed by atoms with Crippen LogP contribution in [0.25, 0.3) is 6.08 Å². The molecule has 0 saturated carbocycles. The summed E-state index contributed by atoms with van der Waals surface area (Å²) in [6.07, 6.45) is 5.36. The average Bonchev–Trinajstić information content (AvgIpc) is 3.22. The monoisotopic (exact) mass is 757 g/mol. The van der Waals surface area contributed by atoms with Gasteiger partial charge in [0.25, 0.3) is 0 Å². The smallest absolute Gasteiger partial charge is 0.247 e. The molecular formula is C45H55N7O4. The first kappa shape index (κ1) is 40.0. The van der Waals surface area contributed by atoms with E-state index in [0.29, 0.717) is 45.1 Å². The predicted molar refractivity (Wildman–Crippen MR) is 222 cm³/mol. The molecule has 2 aliphatic heterocycles. The Morgan fingerprint density at radius 3 is 2.04 bits per heavy atom. The van der Waals surface area contributed by atoms with E-state index < -0.39 is 6.04 Å². The second-order valence-electron chi connectivity index (χ2n) is 14.7. The third-order valence-electron chi connectivity index (χ3n) is 10.6. The zero-order valence-electron chi connectivity index (χ0n) is 33.2. The number of ether oxygens (including phenoxy) is 1. The Kier molecular flexibility index (Phi) is 13.8. The van der Waals surface area contributed by atoms with Gasteiger partial charge in [-0.3, -0.25) is 19.3 Å². The zero-order valence-corrected chi connectivity index (χ0v) is 33.2. The van der Waals surface area contributed by atoms with Crippen molar-refractivity contribution in [2.45, 2.75) is 39.4 Å². The Labute approximate surface area is 331 Å². The highest BCUT2D eigenvalue weighted by molar-refractivity contribution is 5.95. The molecule has 0 N–H and O–H groups in total. The maximum Gasteiger partial charge on any atom is 0.247 e. The van der Waals surface area contributed by atoms with E-state index in [1.807, 2.05) is 79.3 Å². The molecule has 56 heavy (non-hydrogen) atoms. The Hall–Kier alpha value is -5.68. The van der Waals surface area contributed by atoms with E-state index in [4.69, 9.17) is 4.74 Å². The van der Waals surface area contributed by atoms with Crippen molar-refractivity contribution >= 4 is 35.2 Å². The lowest BCUT2D eigenvalue weighted by molar-refractivity contribution is -0.145. The predicted octanol–water partition coefficient (Wildman–Crippen LogP) is 5.21. The first-order chi connectivity index (χ1) is 27.2. The van der Waals surface area contributed by atoms with Crippen molar-refractivity contribution in [2.24, 2.45) is 0 Å². The molecule has 2 aliphatic rings. The minimum absolute atomic E-state index is 0.0479. The lowest BCUT2D eigenvalue weighted by Crippen LogP contribution is -2.56. The van der Waals surface area contributed by atoms with Crippen LogP contribution in [0.2, 0.25) is 0 Å². The molecular weight excluding hydrogens is 703 g/mol. The van der Waals surface area contributed by atoms with Crippen LogP contribution in [0.5, 0.6) is 5.88 Å². The summed E-state index contributed by atoms with van der Waals surface area (Å²) in [7, 11) is 4.08. The van der Waals surface area contributed by atoms with Crippen LogP contribution in [0.1, 0.15) is 36.1 Å². The van der Waals surface area contributed by atoms with Crippen LogP contribution in [0.4, 0.5) is 11.4 Å². The van der Waals surface area contributed by atoms with Crippen molar-refractivity contribution in [3.63, 3.8) is 0 Å².